The Kier molecular flexibility index (Phi) is 4.62. The number of likely N-dealkylation sites (tertiary alicyclic amines) is 1. The minimum absolute atomic E-state index is 0.214. The fourth-order valence-corrected chi connectivity index (χ4v) is 6.16. The summed E-state index contributed by atoms with van der Waals surface area (Å²) in [5.41, 5.74) is 2.70. The van der Waals surface area contributed by atoms with Crippen LogP contribution in [-0.2, 0) is 11.2 Å². The van der Waals surface area contributed by atoms with Crippen LogP contribution in [0.1, 0.15) is 74.7 Å². The third kappa shape index (κ3) is 3.36. The summed E-state index contributed by atoms with van der Waals surface area (Å²) in [6.45, 7) is 1.72. The van der Waals surface area contributed by atoms with Crippen LogP contribution >= 0.6 is 0 Å². The lowest BCUT2D eigenvalue weighted by Gasteiger charge is -2.29. The first-order chi connectivity index (χ1) is 15.2. The van der Waals surface area contributed by atoms with Crippen LogP contribution in [0.3, 0.4) is 0 Å². The number of aromatic amines is 1. The molecule has 3 aromatic rings. The van der Waals surface area contributed by atoms with Gasteiger partial charge in [-0.3, -0.25) is 4.79 Å². The maximum atomic E-state index is 13.2. The molecule has 1 amide bonds. The van der Waals surface area contributed by atoms with Crippen LogP contribution in [0.5, 0.6) is 0 Å². The van der Waals surface area contributed by atoms with Gasteiger partial charge in [0.05, 0.1) is 0 Å². The maximum Gasteiger partial charge on any atom is 0.222 e. The van der Waals surface area contributed by atoms with Crippen molar-refractivity contribution >= 4 is 16.8 Å². The number of hydrogen-bond acceptors (Lipinski definition) is 3. The highest BCUT2D eigenvalue weighted by Crippen LogP contribution is 2.54. The highest BCUT2D eigenvalue weighted by atomic mass is 16.2. The Balaban J connectivity index is 1.14. The van der Waals surface area contributed by atoms with Crippen LogP contribution in [-0.4, -0.2) is 43.6 Å². The molecule has 3 fully saturated rings. The number of hydrogen-bond donors (Lipinski definition) is 1. The first-order valence-electron chi connectivity index (χ1n) is 12.0. The smallest absolute Gasteiger partial charge is 0.222 e. The van der Waals surface area contributed by atoms with E-state index in [0.29, 0.717) is 24.3 Å². The number of benzene rings is 1. The number of H-pyrrole nitrogens is 1. The number of para-hydroxylation sites is 1. The maximum absolute atomic E-state index is 13.2. The van der Waals surface area contributed by atoms with Crippen LogP contribution in [0.4, 0.5) is 0 Å². The highest BCUT2D eigenvalue weighted by Gasteiger charge is 2.52. The average molecular weight is 418 g/mol. The van der Waals surface area contributed by atoms with Gasteiger partial charge in [-0.2, -0.15) is 0 Å². The summed E-state index contributed by atoms with van der Waals surface area (Å²) in [4.78, 5) is 18.7. The Morgan fingerprint density at radius 2 is 2.03 bits per heavy atom. The number of nitrogens with zero attached hydrogens (tertiary/aromatic N) is 4. The zero-order chi connectivity index (χ0) is 20.8. The van der Waals surface area contributed by atoms with E-state index in [2.05, 4.69) is 55.1 Å². The quantitative estimate of drug-likeness (QED) is 0.637. The zero-order valence-electron chi connectivity index (χ0n) is 18.1. The van der Waals surface area contributed by atoms with E-state index < -0.39 is 0 Å². The molecule has 6 rings (SSSR count). The summed E-state index contributed by atoms with van der Waals surface area (Å²) in [6, 6.07) is 8.99. The van der Waals surface area contributed by atoms with Crippen molar-refractivity contribution in [3.8, 4) is 0 Å². The van der Waals surface area contributed by atoms with Gasteiger partial charge in [0.2, 0.25) is 5.91 Å². The van der Waals surface area contributed by atoms with Gasteiger partial charge in [0, 0.05) is 48.6 Å². The summed E-state index contributed by atoms with van der Waals surface area (Å²) in [6.07, 6.45) is 13.9. The van der Waals surface area contributed by atoms with Gasteiger partial charge in [0.25, 0.3) is 0 Å². The Morgan fingerprint density at radius 3 is 2.87 bits per heavy atom. The number of nitrogens with one attached hydrogen (secondary N) is 1. The second-order valence-electron chi connectivity index (χ2n) is 9.94. The molecule has 6 nitrogen and oxygen atoms in total. The third-order valence-corrected chi connectivity index (χ3v) is 7.96. The van der Waals surface area contributed by atoms with Gasteiger partial charge in [-0.15, -0.1) is 10.2 Å². The number of carbonyl (C=O) groups excluding carboxylic acids is 1. The second-order valence-corrected chi connectivity index (χ2v) is 9.94. The van der Waals surface area contributed by atoms with E-state index in [9.17, 15) is 4.79 Å². The van der Waals surface area contributed by atoms with E-state index in [1.807, 2.05) is 6.33 Å². The fourth-order valence-electron chi connectivity index (χ4n) is 6.16. The molecule has 0 bridgehead atoms. The van der Waals surface area contributed by atoms with Crippen molar-refractivity contribution in [3.63, 3.8) is 0 Å². The fraction of sp³-hybridized carbons (Fsp3) is 0.560. The summed E-state index contributed by atoms with van der Waals surface area (Å²) >= 11 is 0. The van der Waals surface area contributed by atoms with Gasteiger partial charge in [0.1, 0.15) is 12.2 Å². The molecule has 1 N–H and O–H groups in total. The molecule has 0 radical (unpaired) electrons. The van der Waals surface area contributed by atoms with Gasteiger partial charge < -0.3 is 14.5 Å². The second kappa shape index (κ2) is 7.50. The predicted octanol–water partition coefficient (Wildman–Crippen LogP) is 4.60. The van der Waals surface area contributed by atoms with Crippen molar-refractivity contribution < 1.29 is 4.79 Å². The van der Waals surface area contributed by atoms with Crippen LogP contribution in [0.15, 0.2) is 36.8 Å². The summed E-state index contributed by atoms with van der Waals surface area (Å²) in [5.74, 6) is 1.79. The lowest BCUT2D eigenvalue weighted by atomic mass is 9.76. The van der Waals surface area contributed by atoms with Gasteiger partial charge >= 0.3 is 0 Å². The van der Waals surface area contributed by atoms with Crippen molar-refractivity contribution in [3.05, 3.63) is 48.2 Å². The Hall–Kier alpha value is -2.63. The predicted molar refractivity (Wildman–Crippen MR) is 120 cm³/mol. The first-order valence-corrected chi connectivity index (χ1v) is 12.0. The standard InChI is InChI=1S/C25H31N5O/c31-23(9-5-6-18-14-26-22-8-2-1-7-20(18)22)29-15-21(25(16-29)12-3-4-13-25)24-28-27-17-30(24)19-10-11-19/h1-2,7-8,14,17,19,21,26H,3-6,9-13,15-16H2. The van der Waals surface area contributed by atoms with Crippen LogP contribution in [0.2, 0.25) is 0 Å². The van der Waals surface area contributed by atoms with Crippen molar-refractivity contribution in [2.45, 2.75) is 69.7 Å². The Labute approximate surface area is 183 Å². The highest BCUT2D eigenvalue weighted by molar-refractivity contribution is 5.83. The average Bonchev–Trinajstić information content (AvgIpc) is 3.19. The summed E-state index contributed by atoms with van der Waals surface area (Å²) in [7, 11) is 0. The van der Waals surface area contributed by atoms with Crippen LogP contribution < -0.4 is 0 Å². The van der Waals surface area contributed by atoms with E-state index in [-0.39, 0.29) is 5.41 Å². The van der Waals surface area contributed by atoms with Crippen molar-refractivity contribution in [1.29, 1.82) is 0 Å². The number of amides is 1. The molecule has 2 aliphatic carbocycles. The van der Waals surface area contributed by atoms with E-state index >= 15 is 0 Å². The third-order valence-electron chi connectivity index (χ3n) is 7.96. The molecule has 1 aliphatic heterocycles. The lowest BCUT2D eigenvalue weighted by molar-refractivity contribution is -0.130. The molecule has 1 spiro atoms. The monoisotopic (exact) mass is 417 g/mol. The molecular formula is C25H31N5O. The molecule has 3 aliphatic rings. The molecule has 1 unspecified atom stereocenters. The number of rotatable bonds is 6. The summed E-state index contributed by atoms with van der Waals surface area (Å²) in [5, 5.41) is 10.1. The van der Waals surface area contributed by atoms with Gasteiger partial charge in [-0.1, -0.05) is 31.0 Å². The Morgan fingerprint density at radius 1 is 1.19 bits per heavy atom. The zero-order valence-corrected chi connectivity index (χ0v) is 18.1. The molecule has 162 valence electrons. The Bertz CT molecular complexity index is 1090. The van der Waals surface area contributed by atoms with Crippen LogP contribution in [0.25, 0.3) is 10.9 Å². The topological polar surface area (TPSA) is 66.8 Å². The first kappa shape index (κ1) is 19.1. The molecule has 31 heavy (non-hydrogen) atoms. The van der Waals surface area contributed by atoms with Gasteiger partial charge in [-0.05, 0) is 55.6 Å². The van der Waals surface area contributed by atoms with E-state index in [0.717, 1.165) is 31.8 Å². The van der Waals surface area contributed by atoms with E-state index in [1.54, 1.807) is 0 Å². The molecule has 6 heteroatoms. The minimum atomic E-state index is 0.214. The normalized spacial score (nSPS) is 22.7. The number of fused-ring (bicyclic) bond motifs is 1. The van der Waals surface area contributed by atoms with Gasteiger partial charge in [-0.25, -0.2) is 0 Å². The molecule has 2 saturated carbocycles. The minimum Gasteiger partial charge on any atom is -0.361 e. The largest absolute Gasteiger partial charge is 0.361 e. The number of aromatic nitrogens is 4. The molecule has 1 aromatic carbocycles. The summed E-state index contributed by atoms with van der Waals surface area (Å²) < 4.78 is 2.32. The molecular weight excluding hydrogens is 386 g/mol. The van der Waals surface area contributed by atoms with Crippen molar-refractivity contribution in [2.24, 2.45) is 5.41 Å². The molecule has 3 heterocycles. The van der Waals surface area contributed by atoms with E-state index in [1.165, 1.54) is 55.0 Å². The van der Waals surface area contributed by atoms with Gasteiger partial charge in [0.15, 0.2) is 0 Å². The number of aryl methyl sites for hydroxylation is 1. The van der Waals surface area contributed by atoms with Crippen LogP contribution in [0, 0.1) is 5.41 Å². The lowest BCUT2D eigenvalue weighted by Crippen LogP contribution is -2.31. The number of carbonyl (C=O) groups is 1. The SMILES string of the molecule is O=C(CCCc1c[nH]c2ccccc12)N1CC(c2nncn2C2CC2)C2(CCCC2)C1. The van der Waals surface area contributed by atoms with Crippen molar-refractivity contribution in [2.75, 3.05) is 13.1 Å². The van der Waals surface area contributed by atoms with Crippen molar-refractivity contribution in [1.82, 2.24) is 24.6 Å². The molecule has 2 aromatic heterocycles. The molecule has 1 atom stereocenters. The van der Waals surface area contributed by atoms with E-state index in [4.69, 9.17) is 0 Å². The molecule has 1 saturated heterocycles.